The van der Waals surface area contributed by atoms with Crippen molar-refractivity contribution in [3.05, 3.63) is 57.0 Å². The van der Waals surface area contributed by atoms with Gasteiger partial charge in [-0.1, -0.05) is 30.3 Å². The minimum absolute atomic E-state index is 0.623. The molecule has 110 valence electrons. The summed E-state index contributed by atoms with van der Waals surface area (Å²) in [6.07, 6.45) is 0. The van der Waals surface area contributed by atoms with Gasteiger partial charge in [0.15, 0.2) is 6.04 Å². The topological polar surface area (TPSA) is 58.6 Å². The van der Waals surface area contributed by atoms with Crippen LogP contribution in [0.4, 0.5) is 5.69 Å². The largest absolute Gasteiger partial charge is 0.495 e. The summed E-state index contributed by atoms with van der Waals surface area (Å²) < 4.78 is 6.77. The molecule has 0 radical (unpaired) electrons. The number of carbonyl (C=O) groups is 1. The highest BCUT2D eigenvalue weighted by atomic mass is 79.9. The molecule has 0 fully saturated rings. The Morgan fingerprint density at radius 3 is 2.43 bits per heavy atom. The maximum Gasteiger partial charge on any atom is 0.330 e. The van der Waals surface area contributed by atoms with Gasteiger partial charge in [-0.15, -0.1) is 0 Å². The van der Waals surface area contributed by atoms with Gasteiger partial charge < -0.3 is 15.2 Å². The molecule has 0 saturated heterocycles. The van der Waals surface area contributed by atoms with E-state index in [-0.39, 0.29) is 0 Å². The number of rotatable bonds is 5. The zero-order valence-corrected chi connectivity index (χ0v) is 14.3. The summed E-state index contributed by atoms with van der Waals surface area (Å²) in [7, 11) is 1.56. The Morgan fingerprint density at radius 1 is 1.19 bits per heavy atom. The van der Waals surface area contributed by atoms with Crippen molar-refractivity contribution in [1.29, 1.82) is 0 Å². The number of nitrogens with one attached hydrogen (secondary N) is 1. The molecule has 0 spiro atoms. The highest BCUT2D eigenvalue weighted by Crippen LogP contribution is 2.36. The molecule has 6 heteroatoms. The van der Waals surface area contributed by atoms with Gasteiger partial charge in [0.25, 0.3) is 0 Å². The molecule has 0 aliphatic carbocycles. The van der Waals surface area contributed by atoms with E-state index in [1.165, 1.54) is 0 Å². The number of methoxy groups -OCH3 is 1. The van der Waals surface area contributed by atoms with E-state index in [9.17, 15) is 9.90 Å². The van der Waals surface area contributed by atoms with E-state index in [1.54, 1.807) is 25.3 Å². The third-order valence-electron chi connectivity index (χ3n) is 2.92. The molecule has 4 nitrogen and oxygen atoms in total. The number of carboxylic acids is 1. The Bertz CT molecular complexity index is 647. The van der Waals surface area contributed by atoms with E-state index in [0.29, 0.717) is 17.0 Å². The molecule has 0 aromatic heterocycles. The van der Waals surface area contributed by atoms with Crippen LogP contribution >= 0.6 is 31.9 Å². The van der Waals surface area contributed by atoms with Gasteiger partial charge in [0.05, 0.1) is 17.3 Å². The van der Waals surface area contributed by atoms with Crippen LogP contribution in [0.5, 0.6) is 5.75 Å². The van der Waals surface area contributed by atoms with Crippen LogP contribution < -0.4 is 10.1 Å². The molecule has 2 N–H and O–H groups in total. The van der Waals surface area contributed by atoms with Crippen molar-refractivity contribution in [3.63, 3.8) is 0 Å². The van der Waals surface area contributed by atoms with Gasteiger partial charge in [-0.3, -0.25) is 0 Å². The zero-order chi connectivity index (χ0) is 15.4. The van der Waals surface area contributed by atoms with Crippen molar-refractivity contribution < 1.29 is 14.6 Å². The lowest BCUT2D eigenvalue weighted by Gasteiger charge is -2.18. The van der Waals surface area contributed by atoms with Gasteiger partial charge in [0.1, 0.15) is 5.75 Å². The Kier molecular flexibility index (Phi) is 5.25. The van der Waals surface area contributed by atoms with Crippen molar-refractivity contribution in [2.24, 2.45) is 0 Å². The second kappa shape index (κ2) is 6.95. The van der Waals surface area contributed by atoms with Gasteiger partial charge in [-0.05, 0) is 43.5 Å². The summed E-state index contributed by atoms with van der Waals surface area (Å²) in [6.45, 7) is 0. The van der Waals surface area contributed by atoms with E-state index in [1.807, 2.05) is 24.3 Å². The maximum absolute atomic E-state index is 11.5. The number of carboxylic acid groups (broad SMARTS) is 1. The predicted molar refractivity (Wildman–Crippen MR) is 88.8 cm³/mol. The molecule has 21 heavy (non-hydrogen) atoms. The molecule has 0 amide bonds. The Labute approximate surface area is 139 Å². The monoisotopic (exact) mass is 413 g/mol. The van der Waals surface area contributed by atoms with Crippen LogP contribution in [0.2, 0.25) is 0 Å². The zero-order valence-electron chi connectivity index (χ0n) is 11.1. The van der Waals surface area contributed by atoms with Crippen LogP contribution in [0.3, 0.4) is 0 Å². The quantitative estimate of drug-likeness (QED) is 0.758. The summed E-state index contributed by atoms with van der Waals surface area (Å²) in [6, 6.07) is 11.7. The smallest absolute Gasteiger partial charge is 0.330 e. The molecule has 0 bridgehead atoms. The van der Waals surface area contributed by atoms with E-state index in [2.05, 4.69) is 37.2 Å². The standard InChI is InChI=1S/C15H13Br2NO3/c1-21-13-8-12(10(16)7-11(13)17)18-14(15(19)20)9-5-3-2-4-6-9/h2-8,14,18H,1H3,(H,19,20). The molecular weight excluding hydrogens is 402 g/mol. The van der Waals surface area contributed by atoms with Crippen LogP contribution in [0.25, 0.3) is 0 Å². The van der Waals surface area contributed by atoms with Crippen LogP contribution in [0, 0.1) is 0 Å². The second-order valence-corrected chi connectivity index (χ2v) is 6.00. The number of anilines is 1. The number of halogens is 2. The Hall–Kier alpha value is -1.53. The van der Waals surface area contributed by atoms with Gasteiger partial charge in [-0.2, -0.15) is 0 Å². The van der Waals surface area contributed by atoms with Crippen molar-refractivity contribution in [2.75, 3.05) is 12.4 Å². The molecular formula is C15H13Br2NO3. The van der Waals surface area contributed by atoms with Gasteiger partial charge >= 0.3 is 5.97 Å². The SMILES string of the molecule is COc1cc(NC(C(=O)O)c2ccccc2)c(Br)cc1Br. The van der Waals surface area contributed by atoms with Crippen LogP contribution in [-0.2, 0) is 4.79 Å². The lowest BCUT2D eigenvalue weighted by molar-refractivity contribution is -0.138. The third-order valence-corrected chi connectivity index (χ3v) is 4.20. The number of ether oxygens (including phenoxy) is 1. The van der Waals surface area contributed by atoms with Gasteiger partial charge in [0.2, 0.25) is 0 Å². The van der Waals surface area contributed by atoms with E-state index >= 15 is 0 Å². The molecule has 1 atom stereocenters. The average Bonchev–Trinajstić information content (AvgIpc) is 2.47. The summed E-state index contributed by atoms with van der Waals surface area (Å²) in [5.74, 6) is -0.326. The first-order valence-electron chi connectivity index (χ1n) is 6.10. The molecule has 2 aromatic rings. The third kappa shape index (κ3) is 3.77. The Morgan fingerprint density at radius 2 is 1.86 bits per heavy atom. The van der Waals surface area contributed by atoms with E-state index in [0.717, 1.165) is 8.95 Å². The second-order valence-electron chi connectivity index (χ2n) is 4.29. The molecule has 0 saturated carbocycles. The molecule has 2 aromatic carbocycles. The summed E-state index contributed by atoms with van der Waals surface area (Å²) in [4.78, 5) is 11.5. The predicted octanol–water partition coefficient (Wildman–Crippen LogP) is 4.46. The van der Waals surface area contributed by atoms with Gasteiger partial charge in [0, 0.05) is 10.5 Å². The maximum atomic E-state index is 11.5. The fourth-order valence-corrected chi connectivity index (χ4v) is 3.16. The van der Waals surface area contributed by atoms with Crippen molar-refractivity contribution in [3.8, 4) is 5.75 Å². The van der Waals surface area contributed by atoms with Crippen molar-refractivity contribution in [2.45, 2.75) is 6.04 Å². The van der Waals surface area contributed by atoms with E-state index in [4.69, 9.17) is 4.74 Å². The highest BCUT2D eigenvalue weighted by molar-refractivity contribution is 9.11. The number of aliphatic carboxylic acids is 1. The number of hydrogen-bond donors (Lipinski definition) is 2. The average molecular weight is 415 g/mol. The summed E-state index contributed by atoms with van der Waals surface area (Å²) in [5.41, 5.74) is 1.32. The van der Waals surface area contributed by atoms with Crippen LogP contribution in [-0.4, -0.2) is 18.2 Å². The Balaban J connectivity index is 2.36. The summed E-state index contributed by atoms with van der Waals surface area (Å²) >= 11 is 6.80. The molecule has 0 aliphatic rings. The molecule has 1 unspecified atom stereocenters. The van der Waals surface area contributed by atoms with Crippen LogP contribution in [0.15, 0.2) is 51.4 Å². The molecule has 0 heterocycles. The first-order valence-corrected chi connectivity index (χ1v) is 7.69. The number of hydrogen-bond acceptors (Lipinski definition) is 3. The van der Waals surface area contributed by atoms with Crippen molar-refractivity contribution in [1.82, 2.24) is 0 Å². The molecule has 0 aliphatic heterocycles. The van der Waals surface area contributed by atoms with E-state index < -0.39 is 12.0 Å². The lowest BCUT2D eigenvalue weighted by atomic mass is 10.1. The fourth-order valence-electron chi connectivity index (χ4n) is 1.88. The minimum Gasteiger partial charge on any atom is -0.495 e. The van der Waals surface area contributed by atoms with Crippen LogP contribution in [0.1, 0.15) is 11.6 Å². The molecule has 2 rings (SSSR count). The normalized spacial score (nSPS) is 11.8. The first kappa shape index (κ1) is 15.9. The lowest BCUT2D eigenvalue weighted by Crippen LogP contribution is -2.20. The highest BCUT2D eigenvalue weighted by Gasteiger charge is 2.21. The summed E-state index contributed by atoms with van der Waals surface area (Å²) in [5, 5.41) is 12.5. The van der Waals surface area contributed by atoms with Crippen molar-refractivity contribution >= 4 is 43.5 Å². The first-order chi connectivity index (χ1) is 10.0. The number of benzene rings is 2. The van der Waals surface area contributed by atoms with Gasteiger partial charge in [-0.25, -0.2) is 4.79 Å². The fraction of sp³-hybridized carbons (Fsp3) is 0.133. The minimum atomic E-state index is -0.949.